The van der Waals surface area contributed by atoms with Crippen LogP contribution in [0.4, 0.5) is 0 Å². The third-order valence-corrected chi connectivity index (χ3v) is 9.15. The van der Waals surface area contributed by atoms with E-state index in [1.165, 1.54) is 42.1 Å². The minimum Gasteiger partial charge on any atom is -0.496 e. The van der Waals surface area contributed by atoms with E-state index in [-0.39, 0.29) is 5.41 Å². The topological polar surface area (TPSA) is 14.2 Å². The Balaban J connectivity index is 1.54. The fraction of sp³-hybridized carbons (Fsp3) is 0.176. The van der Waals surface area contributed by atoms with Gasteiger partial charge >= 0.3 is 0 Å². The van der Waals surface area contributed by atoms with Crippen LogP contribution in [0.5, 0.6) is 5.75 Å². The SMILES string of the molecule is COc1ccc(Cl)c2c1c1cc(C(C)(C)C)ccc1n2-c1ccc2cc3c(cc2c1)sc1cc(C)ccc13. The van der Waals surface area contributed by atoms with Crippen LogP contribution in [-0.4, -0.2) is 11.7 Å². The third-order valence-electron chi connectivity index (χ3n) is 7.73. The van der Waals surface area contributed by atoms with E-state index >= 15 is 0 Å². The number of hydrogen-bond acceptors (Lipinski definition) is 2. The molecule has 0 atom stereocenters. The molecule has 0 aliphatic heterocycles. The summed E-state index contributed by atoms with van der Waals surface area (Å²) in [5.41, 5.74) is 5.80. The molecular formula is C34H28ClNOS. The van der Waals surface area contributed by atoms with Gasteiger partial charge in [0.1, 0.15) is 5.75 Å². The van der Waals surface area contributed by atoms with Gasteiger partial charge in [0.05, 0.1) is 28.6 Å². The molecule has 2 nitrogen and oxygen atoms in total. The zero-order chi connectivity index (χ0) is 26.3. The molecule has 0 saturated heterocycles. The van der Waals surface area contributed by atoms with Gasteiger partial charge in [-0.05, 0) is 88.8 Å². The predicted molar refractivity (Wildman–Crippen MR) is 166 cm³/mol. The van der Waals surface area contributed by atoms with Crippen LogP contribution in [0.25, 0.3) is 58.4 Å². The standard InChI is InChI=1S/C34H28ClNOS/c1-19-6-10-24-25-16-20-7-9-23(15-21(20)17-31(25)38-30(24)14-19)36-28-12-8-22(34(2,3)4)18-26(28)32-29(37-5)13-11-27(35)33(32)36/h6-18H,1-5H3. The Morgan fingerprint density at radius 3 is 2.37 bits per heavy atom. The largest absolute Gasteiger partial charge is 0.496 e. The van der Waals surface area contributed by atoms with Crippen LogP contribution >= 0.6 is 22.9 Å². The van der Waals surface area contributed by atoms with Crippen molar-refractivity contribution in [2.24, 2.45) is 0 Å². The van der Waals surface area contributed by atoms with Gasteiger partial charge in [0.2, 0.25) is 0 Å². The second kappa shape index (κ2) is 8.23. The van der Waals surface area contributed by atoms with Crippen molar-refractivity contribution in [2.75, 3.05) is 7.11 Å². The number of thiophene rings is 1. The summed E-state index contributed by atoms with van der Waals surface area (Å²) in [6, 6.07) is 28.8. The monoisotopic (exact) mass is 533 g/mol. The molecule has 0 aliphatic rings. The second-order valence-electron chi connectivity index (χ2n) is 11.3. The van der Waals surface area contributed by atoms with Gasteiger partial charge in [0, 0.05) is 31.2 Å². The molecule has 188 valence electrons. The van der Waals surface area contributed by atoms with Crippen LogP contribution in [0.1, 0.15) is 31.9 Å². The zero-order valence-electron chi connectivity index (χ0n) is 22.1. The quantitative estimate of drug-likeness (QED) is 0.215. The van der Waals surface area contributed by atoms with E-state index in [2.05, 4.69) is 99.0 Å². The van der Waals surface area contributed by atoms with Gasteiger partial charge in [0.15, 0.2) is 0 Å². The van der Waals surface area contributed by atoms with Crippen molar-refractivity contribution in [2.45, 2.75) is 33.1 Å². The Morgan fingerprint density at radius 2 is 1.58 bits per heavy atom. The normalized spacial score (nSPS) is 12.5. The highest BCUT2D eigenvalue weighted by Gasteiger charge is 2.22. The molecule has 5 aromatic carbocycles. The lowest BCUT2D eigenvalue weighted by atomic mass is 9.86. The molecule has 0 amide bonds. The van der Waals surface area contributed by atoms with Gasteiger partial charge in [-0.3, -0.25) is 0 Å². The van der Waals surface area contributed by atoms with Crippen LogP contribution in [0.2, 0.25) is 5.02 Å². The Morgan fingerprint density at radius 1 is 0.763 bits per heavy atom. The number of nitrogens with zero attached hydrogens (tertiary/aromatic N) is 1. The Bertz CT molecular complexity index is 2070. The molecular weight excluding hydrogens is 506 g/mol. The molecule has 0 unspecified atom stereocenters. The van der Waals surface area contributed by atoms with Gasteiger partial charge in [-0.15, -0.1) is 11.3 Å². The fourth-order valence-corrected chi connectivity index (χ4v) is 7.21. The van der Waals surface area contributed by atoms with E-state index in [1.54, 1.807) is 7.11 Å². The zero-order valence-corrected chi connectivity index (χ0v) is 23.7. The summed E-state index contributed by atoms with van der Waals surface area (Å²) in [6.45, 7) is 8.90. The lowest BCUT2D eigenvalue weighted by molar-refractivity contribution is 0.420. The molecule has 2 aromatic heterocycles. The molecule has 0 aliphatic carbocycles. The first-order valence-corrected chi connectivity index (χ1v) is 14.1. The first-order chi connectivity index (χ1) is 18.2. The first kappa shape index (κ1) is 23.6. The van der Waals surface area contributed by atoms with Gasteiger partial charge < -0.3 is 9.30 Å². The van der Waals surface area contributed by atoms with E-state index < -0.39 is 0 Å². The van der Waals surface area contributed by atoms with Crippen molar-refractivity contribution in [3.05, 3.63) is 95.0 Å². The molecule has 0 bridgehead atoms. The summed E-state index contributed by atoms with van der Waals surface area (Å²) in [7, 11) is 1.73. The molecule has 7 rings (SSSR count). The highest BCUT2D eigenvalue weighted by atomic mass is 35.5. The average molecular weight is 534 g/mol. The van der Waals surface area contributed by atoms with Crippen molar-refractivity contribution < 1.29 is 4.74 Å². The average Bonchev–Trinajstić information content (AvgIpc) is 3.42. The number of methoxy groups -OCH3 is 1. The summed E-state index contributed by atoms with van der Waals surface area (Å²) < 4.78 is 10.8. The number of hydrogen-bond donors (Lipinski definition) is 0. The Labute approximate surface area is 231 Å². The van der Waals surface area contributed by atoms with Gasteiger partial charge in [0.25, 0.3) is 0 Å². The maximum absolute atomic E-state index is 6.92. The highest BCUT2D eigenvalue weighted by Crippen LogP contribution is 2.43. The lowest BCUT2D eigenvalue weighted by Gasteiger charge is -2.19. The maximum atomic E-state index is 6.92. The molecule has 2 heterocycles. The van der Waals surface area contributed by atoms with Gasteiger partial charge in [-0.1, -0.05) is 56.6 Å². The van der Waals surface area contributed by atoms with Crippen LogP contribution in [0.15, 0.2) is 78.9 Å². The molecule has 0 saturated carbocycles. The summed E-state index contributed by atoms with van der Waals surface area (Å²) in [6.07, 6.45) is 0. The van der Waals surface area contributed by atoms with E-state index in [0.29, 0.717) is 5.02 Å². The lowest BCUT2D eigenvalue weighted by Crippen LogP contribution is -2.10. The van der Waals surface area contributed by atoms with Crippen LogP contribution in [0, 0.1) is 6.92 Å². The number of benzene rings is 5. The number of fused-ring (bicyclic) bond motifs is 7. The van der Waals surface area contributed by atoms with Crippen molar-refractivity contribution in [1.29, 1.82) is 0 Å². The van der Waals surface area contributed by atoms with Crippen molar-refractivity contribution in [1.82, 2.24) is 4.57 Å². The van der Waals surface area contributed by atoms with Crippen molar-refractivity contribution in [3.63, 3.8) is 0 Å². The van der Waals surface area contributed by atoms with E-state index in [0.717, 1.165) is 33.2 Å². The molecule has 38 heavy (non-hydrogen) atoms. The minimum absolute atomic E-state index is 0.0333. The molecule has 0 N–H and O–H groups in total. The molecule has 0 fully saturated rings. The summed E-state index contributed by atoms with van der Waals surface area (Å²) in [4.78, 5) is 0. The second-order valence-corrected chi connectivity index (χ2v) is 12.8. The number of aromatic nitrogens is 1. The van der Waals surface area contributed by atoms with Crippen LogP contribution < -0.4 is 4.74 Å². The Hall–Kier alpha value is -3.53. The smallest absolute Gasteiger partial charge is 0.128 e. The number of rotatable bonds is 2. The number of aryl methyl sites for hydroxylation is 1. The predicted octanol–water partition coefficient (Wildman–Crippen LogP) is 10.6. The minimum atomic E-state index is 0.0333. The third kappa shape index (κ3) is 3.46. The van der Waals surface area contributed by atoms with E-state index in [1.807, 2.05) is 23.5 Å². The summed E-state index contributed by atoms with van der Waals surface area (Å²) in [5, 5.41) is 8.03. The number of halogens is 1. The van der Waals surface area contributed by atoms with E-state index in [9.17, 15) is 0 Å². The molecule has 4 heteroatoms. The van der Waals surface area contributed by atoms with Gasteiger partial charge in [-0.2, -0.15) is 0 Å². The first-order valence-electron chi connectivity index (χ1n) is 12.9. The summed E-state index contributed by atoms with van der Waals surface area (Å²) in [5.74, 6) is 0.835. The van der Waals surface area contributed by atoms with Crippen LogP contribution in [0.3, 0.4) is 0 Å². The van der Waals surface area contributed by atoms with E-state index in [4.69, 9.17) is 16.3 Å². The molecule has 7 aromatic rings. The maximum Gasteiger partial charge on any atom is 0.128 e. The fourth-order valence-electron chi connectivity index (χ4n) is 5.74. The van der Waals surface area contributed by atoms with Crippen LogP contribution in [-0.2, 0) is 5.41 Å². The van der Waals surface area contributed by atoms with Gasteiger partial charge in [-0.25, -0.2) is 0 Å². The molecule has 0 spiro atoms. The van der Waals surface area contributed by atoms with Crippen molar-refractivity contribution >= 4 is 75.7 Å². The Kier molecular flexibility index (Phi) is 5.11. The van der Waals surface area contributed by atoms with Crippen molar-refractivity contribution in [3.8, 4) is 11.4 Å². The summed E-state index contributed by atoms with van der Waals surface area (Å²) >= 11 is 8.79. The number of ether oxygens (including phenoxy) is 1. The molecule has 0 radical (unpaired) electrons. The highest BCUT2D eigenvalue weighted by molar-refractivity contribution is 7.25.